The summed E-state index contributed by atoms with van der Waals surface area (Å²) in [4.78, 5) is 0. The molecule has 0 radical (unpaired) electrons. The number of nitrogens with zero attached hydrogens (tertiary/aromatic N) is 1. The van der Waals surface area contributed by atoms with Gasteiger partial charge in [0.2, 0.25) is 10.0 Å². The number of hydrogen-bond donors (Lipinski definition) is 1. The van der Waals surface area contributed by atoms with Crippen molar-refractivity contribution in [3.8, 4) is 0 Å². The smallest absolute Gasteiger partial charge is 0.211 e. The molecule has 14 heavy (non-hydrogen) atoms. The van der Waals surface area contributed by atoms with Crippen molar-refractivity contribution in [3.63, 3.8) is 0 Å². The second-order valence-electron chi connectivity index (χ2n) is 3.88. The lowest BCUT2D eigenvalue weighted by Crippen LogP contribution is -2.59. The van der Waals surface area contributed by atoms with Gasteiger partial charge in [-0.25, -0.2) is 12.7 Å². The molecule has 2 saturated heterocycles. The van der Waals surface area contributed by atoms with Gasteiger partial charge in [0.05, 0.1) is 19.0 Å². The summed E-state index contributed by atoms with van der Waals surface area (Å²) in [6.45, 7) is 2.68. The van der Waals surface area contributed by atoms with Crippen LogP contribution in [0.15, 0.2) is 0 Å². The van der Waals surface area contributed by atoms with Crippen molar-refractivity contribution >= 4 is 10.0 Å². The lowest BCUT2D eigenvalue weighted by molar-refractivity contribution is -0.0301. The molecule has 2 rings (SSSR count). The highest BCUT2D eigenvalue weighted by molar-refractivity contribution is 7.88. The normalized spacial score (nSPS) is 35.2. The van der Waals surface area contributed by atoms with E-state index in [2.05, 4.69) is 5.32 Å². The topological polar surface area (TPSA) is 58.6 Å². The maximum absolute atomic E-state index is 11.3. The zero-order valence-electron chi connectivity index (χ0n) is 8.27. The Bertz CT molecular complexity index is 304. The van der Waals surface area contributed by atoms with Crippen LogP contribution in [-0.2, 0) is 14.8 Å². The van der Waals surface area contributed by atoms with Crippen molar-refractivity contribution in [3.05, 3.63) is 0 Å². The van der Waals surface area contributed by atoms with Gasteiger partial charge in [-0.2, -0.15) is 0 Å². The molecule has 82 valence electrons. The molecule has 2 aliphatic heterocycles. The molecule has 6 heteroatoms. The average Bonchev–Trinajstić information content (AvgIpc) is 2.16. The Morgan fingerprint density at radius 1 is 1.50 bits per heavy atom. The Kier molecular flexibility index (Phi) is 2.79. The fourth-order valence-corrected chi connectivity index (χ4v) is 2.92. The predicted molar refractivity (Wildman–Crippen MR) is 52.6 cm³/mol. The molecule has 0 spiro atoms. The quantitative estimate of drug-likeness (QED) is 0.616. The van der Waals surface area contributed by atoms with Crippen LogP contribution in [0.4, 0.5) is 0 Å². The third-order valence-electron chi connectivity index (χ3n) is 2.82. The van der Waals surface area contributed by atoms with Crippen LogP contribution in [0, 0.1) is 0 Å². The standard InChI is InChI=1S/C8H16N2O3S/c1-14(11,12)10-4-2-8-7(6-10)9-3-5-13-8/h7-9H,2-6H2,1H3. The van der Waals surface area contributed by atoms with Crippen molar-refractivity contribution < 1.29 is 13.2 Å². The Morgan fingerprint density at radius 3 is 3.00 bits per heavy atom. The van der Waals surface area contributed by atoms with Gasteiger partial charge in [0.25, 0.3) is 0 Å². The first-order valence-electron chi connectivity index (χ1n) is 4.87. The summed E-state index contributed by atoms with van der Waals surface area (Å²) in [6.07, 6.45) is 2.25. The van der Waals surface area contributed by atoms with Crippen molar-refractivity contribution in [1.82, 2.24) is 9.62 Å². The zero-order chi connectivity index (χ0) is 10.2. The number of sulfonamides is 1. The first-order chi connectivity index (χ1) is 6.57. The lowest BCUT2D eigenvalue weighted by Gasteiger charge is -2.40. The summed E-state index contributed by atoms with van der Waals surface area (Å²) in [5.41, 5.74) is 0. The molecule has 0 aromatic heterocycles. The van der Waals surface area contributed by atoms with Crippen LogP contribution in [0.3, 0.4) is 0 Å². The van der Waals surface area contributed by atoms with Gasteiger partial charge in [-0.05, 0) is 6.42 Å². The van der Waals surface area contributed by atoms with Crippen LogP contribution >= 0.6 is 0 Å². The van der Waals surface area contributed by atoms with E-state index in [9.17, 15) is 8.42 Å². The highest BCUT2D eigenvalue weighted by Gasteiger charge is 2.34. The number of hydrogen-bond acceptors (Lipinski definition) is 4. The van der Waals surface area contributed by atoms with Crippen molar-refractivity contribution in [2.24, 2.45) is 0 Å². The first-order valence-corrected chi connectivity index (χ1v) is 6.72. The second kappa shape index (κ2) is 3.77. The van der Waals surface area contributed by atoms with Crippen LogP contribution in [-0.4, -0.2) is 57.4 Å². The van der Waals surface area contributed by atoms with Gasteiger partial charge < -0.3 is 10.1 Å². The van der Waals surface area contributed by atoms with Gasteiger partial charge in [-0.3, -0.25) is 0 Å². The fourth-order valence-electron chi connectivity index (χ4n) is 2.05. The maximum Gasteiger partial charge on any atom is 0.211 e. The van der Waals surface area contributed by atoms with E-state index in [0.29, 0.717) is 13.1 Å². The molecule has 0 aromatic rings. The van der Waals surface area contributed by atoms with Gasteiger partial charge in [0.1, 0.15) is 0 Å². The highest BCUT2D eigenvalue weighted by Crippen LogP contribution is 2.18. The minimum absolute atomic E-state index is 0.173. The van der Waals surface area contributed by atoms with Gasteiger partial charge in [0.15, 0.2) is 0 Å². The monoisotopic (exact) mass is 220 g/mol. The molecule has 0 saturated carbocycles. The number of piperidine rings is 1. The Hall–Kier alpha value is -0.170. The molecule has 0 aromatic carbocycles. The number of ether oxygens (including phenoxy) is 1. The molecule has 2 heterocycles. The van der Waals surface area contributed by atoms with E-state index >= 15 is 0 Å². The Morgan fingerprint density at radius 2 is 2.29 bits per heavy atom. The van der Waals surface area contributed by atoms with Crippen LogP contribution in [0.2, 0.25) is 0 Å². The Labute approximate surface area is 84.5 Å². The average molecular weight is 220 g/mol. The number of fused-ring (bicyclic) bond motifs is 1. The van der Waals surface area contributed by atoms with Crippen molar-refractivity contribution in [2.75, 3.05) is 32.5 Å². The molecule has 2 atom stereocenters. The van der Waals surface area contributed by atoms with E-state index in [4.69, 9.17) is 4.74 Å². The van der Waals surface area contributed by atoms with Crippen molar-refractivity contribution in [1.29, 1.82) is 0 Å². The fraction of sp³-hybridized carbons (Fsp3) is 1.00. The molecule has 0 aliphatic carbocycles. The van der Waals surface area contributed by atoms with E-state index in [1.54, 1.807) is 0 Å². The van der Waals surface area contributed by atoms with Gasteiger partial charge in [-0.1, -0.05) is 0 Å². The molecule has 2 unspecified atom stereocenters. The van der Waals surface area contributed by atoms with E-state index in [0.717, 1.165) is 19.6 Å². The number of nitrogens with one attached hydrogen (secondary N) is 1. The lowest BCUT2D eigenvalue weighted by atomic mass is 10.0. The maximum atomic E-state index is 11.3. The minimum atomic E-state index is -3.04. The molecule has 0 amide bonds. The summed E-state index contributed by atoms with van der Waals surface area (Å²) in [5.74, 6) is 0. The molecule has 1 N–H and O–H groups in total. The second-order valence-corrected chi connectivity index (χ2v) is 5.86. The van der Waals surface area contributed by atoms with Gasteiger partial charge in [-0.15, -0.1) is 0 Å². The minimum Gasteiger partial charge on any atom is -0.375 e. The van der Waals surface area contributed by atoms with Crippen LogP contribution in [0.1, 0.15) is 6.42 Å². The molecule has 0 bridgehead atoms. The third-order valence-corrected chi connectivity index (χ3v) is 4.09. The largest absolute Gasteiger partial charge is 0.375 e. The van der Waals surface area contributed by atoms with E-state index in [1.807, 2.05) is 0 Å². The first kappa shape index (κ1) is 10.4. The molecule has 5 nitrogen and oxygen atoms in total. The summed E-state index contributed by atoms with van der Waals surface area (Å²) in [6, 6.07) is 0.173. The summed E-state index contributed by atoms with van der Waals surface area (Å²) >= 11 is 0. The van der Waals surface area contributed by atoms with Gasteiger partial charge >= 0.3 is 0 Å². The van der Waals surface area contributed by atoms with Gasteiger partial charge in [0, 0.05) is 25.7 Å². The molecular formula is C8H16N2O3S. The van der Waals surface area contributed by atoms with E-state index in [1.165, 1.54) is 10.6 Å². The van der Waals surface area contributed by atoms with E-state index < -0.39 is 10.0 Å². The Balaban J connectivity index is 2.03. The predicted octanol–water partition coefficient (Wildman–Crippen LogP) is -0.991. The summed E-state index contributed by atoms with van der Waals surface area (Å²) in [7, 11) is -3.04. The summed E-state index contributed by atoms with van der Waals surface area (Å²) < 4.78 is 29.7. The molecule has 2 aliphatic rings. The van der Waals surface area contributed by atoms with Crippen LogP contribution < -0.4 is 5.32 Å². The highest BCUT2D eigenvalue weighted by atomic mass is 32.2. The molecular weight excluding hydrogens is 204 g/mol. The van der Waals surface area contributed by atoms with E-state index in [-0.39, 0.29) is 12.1 Å². The number of rotatable bonds is 1. The molecule has 2 fully saturated rings. The van der Waals surface area contributed by atoms with Crippen molar-refractivity contribution in [2.45, 2.75) is 18.6 Å². The third kappa shape index (κ3) is 2.08. The van der Waals surface area contributed by atoms with Crippen LogP contribution in [0.5, 0.6) is 0 Å². The summed E-state index contributed by atoms with van der Waals surface area (Å²) in [5, 5.41) is 3.29. The SMILES string of the molecule is CS(=O)(=O)N1CCC2OCCNC2C1. The van der Waals surface area contributed by atoms with Crippen LogP contribution in [0.25, 0.3) is 0 Å². The zero-order valence-corrected chi connectivity index (χ0v) is 9.09. The number of morpholine rings is 1.